The summed E-state index contributed by atoms with van der Waals surface area (Å²) in [5.41, 5.74) is 0.911. The zero-order valence-corrected chi connectivity index (χ0v) is 12.0. The van der Waals surface area contributed by atoms with Gasteiger partial charge in [0, 0.05) is 38.4 Å². The summed E-state index contributed by atoms with van der Waals surface area (Å²) in [5.74, 6) is 0. The molecule has 1 aliphatic rings. The number of likely N-dealkylation sites (tertiary alicyclic amines) is 1. The molecule has 0 spiro atoms. The minimum Gasteiger partial charge on any atom is -0.450 e. The van der Waals surface area contributed by atoms with E-state index < -0.39 is 0 Å². The summed E-state index contributed by atoms with van der Waals surface area (Å²) < 4.78 is 6.54. The smallest absolute Gasteiger partial charge is 0.409 e. The number of aromatic nitrogens is 1. The van der Waals surface area contributed by atoms with Crippen LogP contribution in [0.3, 0.4) is 0 Å². The Hall–Kier alpha value is -1.98. The normalized spacial score (nSPS) is 16.0. The van der Waals surface area contributed by atoms with Crippen LogP contribution in [0, 0.1) is 0 Å². The first-order chi connectivity index (χ1) is 9.60. The molecule has 0 bridgehead atoms. The number of hydrogen-bond donors (Lipinski definition) is 1. The molecule has 20 heavy (non-hydrogen) atoms. The van der Waals surface area contributed by atoms with Gasteiger partial charge in [-0.05, 0) is 25.8 Å². The van der Waals surface area contributed by atoms with E-state index in [9.17, 15) is 9.59 Å². The van der Waals surface area contributed by atoms with Crippen molar-refractivity contribution < 1.29 is 9.53 Å². The standard InChI is InChI=1S/C14H21N3O3/c1-3-20-14(19)17-8-6-11(7-9-17)15-12-4-5-13(18)16(2)10-12/h4-5,10-11,15H,3,6-9H2,1-2H3. The van der Waals surface area contributed by atoms with Crippen LogP contribution in [0.15, 0.2) is 23.1 Å². The fourth-order valence-corrected chi connectivity index (χ4v) is 2.34. The largest absolute Gasteiger partial charge is 0.450 e. The molecule has 110 valence electrons. The van der Waals surface area contributed by atoms with Crippen molar-refractivity contribution in [2.24, 2.45) is 7.05 Å². The maximum atomic E-state index is 11.6. The van der Waals surface area contributed by atoms with Crippen molar-refractivity contribution in [2.45, 2.75) is 25.8 Å². The second kappa shape index (κ2) is 6.45. The quantitative estimate of drug-likeness (QED) is 0.909. The Labute approximate surface area is 118 Å². The number of amides is 1. The van der Waals surface area contributed by atoms with Gasteiger partial charge in [-0.3, -0.25) is 4.79 Å². The molecule has 2 rings (SSSR count). The third kappa shape index (κ3) is 3.53. The van der Waals surface area contributed by atoms with Crippen LogP contribution >= 0.6 is 0 Å². The van der Waals surface area contributed by atoms with E-state index in [1.54, 1.807) is 34.8 Å². The topological polar surface area (TPSA) is 63.6 Å². The number of carbonyl (C=O) groups is 1. The number of nitrogens with zero attached hydrogens (tertiary/aromatic N) is 2. The van der Waals surface area contributed by atoms with Crippen molar-refractivity contribution in [2.75, 3.05) is 25.0 Å². The van der Waals surface area contributed by atoms with E-state index in [-0.39, 0.29) is 11.7 Å². The molecule has 1 aliphatic heterocycles. The van der Waals surface area contributed by atoms with Crippen LogP contribution in [0.1, 0.15) is 19.8 Å². The summed E-state index contributed by atoms with van der Waals surface area (Å²) in [7, 11) is 1.73. The lowest BCUT2D eigenvalue weighted by Gasteiger charge is -2.32. The summed E-state index contributed by atoms with van der Waals surface area (Å²) in [5, 5.41) is 3.40. The highest BCUT2D eigenvalue weighted by Gasteiger charge is 2.23. The number of nitrogens with one attached hydrogen (secondary N) is 1. The molecule has 6 nitrogen and oxygen atoms in total. The molecule has 1 aromatic rings. The fraction of sp³-hybridized carbons (Fsp3) is 0.571. The lowest BCUT2D eigenvalue weighted by Crippen LogP contribution is -2.42. The van der Waals surface area contributed by atoms with Crippen LogP contribution in [0.5, 0.6) is 0 Å². The highest BCUT2D eigenvalue weighted by atomic mass is 16.6. The molecule has 1 saturated heterocycles. The number of hydrogen-bond acceptors (Lipinski definition) is 4. The van der Waals surface area contributed by atoms with Gasteiger partial charge in [-0.25, -0.2) is 4.79 Å². The average molecular weight is 279 g/mol. The lowest BCUT2D eigenvalue weighted by molar-refractivity contribution is 0.0983. The highest BCUT2D eigenvalue weighted by molar-refractivity contribution is 5.67. The van der Waals surface area contributed by atoms with E-state index >= 15 is 0 Å². The van der Waals surface area contributed by atoms with Crippen molar-refractivity contribution in [3.63, 3.8) is 0 Å². The van der Waals surface area contributed by atoms with Gasteiger partial charge < -0.3 is 19.5 Å². The minimum absolute atomic E-state index is 0.0207. The van der Waals surface area contributed by atoms with Crippen molar-refractivity contribution in [3.8, 4) is 0 Å². The molecule has 1 amide bonds. The maximum Gasteiger partial charge on any atom is 0.409 e. The van der Waals surface area contributed by atoms with E-state index in [1.165, 1.54) is 0 Å². The summed E-state index contributed by atoms with van der Waals surface area (Å²) in [4.78, 5) is 24.6. The Morgan fingerprint density at radius 3 is 2.70 bits per heavy atom. The van der Waals surface area contributed by atoms with Gasteiger partial charge in [-0.15, -0.1) is 0 Å². The molecule has 0 unspecified atom stereocenters. The molecule has 2 heterocycles. The third-order valence-electron chi connectivity index (χ3n) is 3.48. The molecule has 0 saturated carbocycles. The van der Waals surface area contributed by atoms with Crippen LogP contribution < -0.4 is 10.9 Å². The van der Waals surface area contributed by atoms with Gasteiger partial charge in [0.1, 0.15) is 0 Å². The van der Waals surface area contributed by atoms with E-state index in [1.807, 2.05) is 6.92 Å². The molecule has 0 aromatic carbocycles. The molecule has 1 N–H and O–H groups in total. The fourth-order valence-electron chi connectivity index (χ4n) is 2.34. The van der Waals surface area contributed by atoms with Crippen molar-refractivity contribution >= 4 is 11.8 Å². The number of anilines is 1. The molecular formula is C14H21N3O3. The molecule has 0 aliphatic carbocycles. The van der Waals surface area contributed by atoms with E-state index in [2.05, 4.69) is 5.32 Å². The third-order valence-corrected chi connectivity index (χ3v) is 3.48. The molecule has 0 radical (unpaired) electrons. The number of aryl methyl sites for hydroxylation is 1. The first-order valence-electron chi connectivity index (χ1n) is 6.95. The number of rotatable bonds is 3. The number of ether oxygens (including phenoxy) is 1. The molecular weight excluding hydrogens is 258 g/mol. The van der Waals surface area contributed by atoms with Crippen LogP contribution in [0.25, 0.3) is 0 Å². The van der Waals surface area contributed by atoms with Gasteiger partial charge in [0.15, 0.2) is 0 Å². The Balaban J connectivity index is 1.86. The number of pyridine rings is 1. The number of carbonyl (C=O) groups excluding carboxylic acids is 1. The van der Waals surface area contributed by atoms with Crippen molar-refractivity contribution in [3.05, 3.63) is 28.7 Å². The second-order valence-electron chi connectivity index (χ2n) is 4.97. The molecule has 1 fully saturated rings. The van der Waals surface area contributed by atoms with E-state index in [0.717, 1.165) is 18.5 Å². The average Bonchev–Trinajstić information content (AvgIpc) is 2.44. The van der Waals surface area contributed by atoms with Crippen molar-refractivity contribution in [1.29, 1.82) is 0 Å². The summed E-state index contributed by atoms with van der Waals surface area (Å²) in [6.45, 7) is 3.62. The predicted octanol–water partition coefficient (Wildman–Crippen LogP) is 1.42. The zero-order chi connectivity index (χ0) is 14.5. The maximum absolute atomic E-state index is 11.6. The minimum atomic E-state index is -0.229. The Kier molecular flexibility index (Phi) is 4.65. The zero-order valence-electron chi connectivity index (χ0n) is 12.0. The molecule has 0 atom stereocenters. The van der Waals surface area contributed by atoms with E-state index in [0.29, 0.717) is 25.7 Å². The van der Waals surface area contributed by atoms with Gasteiger partial charge in [0.05, 0.1) is 12.3 Å². The SMILES string of the molecule is CCOC(=O)N1CCC(Nc2ccc(=O)n(C)c2)CC1. The van der Waals surface area contributed by atoms with Crippen LogP contribution in [0.4, 0.5) is 10.5 Å². The van der Waals surface area contributed by atoms with Gasteiger partial charge in [-0.2, -0.15) is 0 Å². The summed E-state index contributed by atoms with van der Waals surface area (Å²) >= 11 is 0. The lowest BCUT2D eigenvalue weighted by atomic mass is 10.1. The van der Waals surface area contributed by atoms with Gasteiger partial charge in [0.25, 0.3) is 0 Å². The Morgan fingerprint density at radius 2 is 2.10 bits per heavy atom. The molecule has 1 aromatic heterocycles. The van der Waals surface area contributed by atoms with Gasteiger partial charge >= 0.3 is 6.09 Å². The van der Waals surface area contributed by atoms with Gasteiger partial charge in [-0.1, -0.05) is 0 Å². The Bertz CT molecular complexity index is 519. The highest BCUT2D eigenvalue weighted by Crippen LogP contribution is 2.16. The monoisotopic (exact) mass is 279 g/mol. The van der Waals surface area contributed by atoms with Gasteiger partial charge in [0.2, 0.25) is 5.56 Å². The van der Waals surface area contributed by atoms with Crippen LogP contribution in [0.2, 0.25) is 0 Å². The second-order valence-corrected chi connectivity index (χ2v) is 4.97. The van der Waals surface area contributed by atoms with Crippen LogP contribution in [-0.2, 0) is 11.8 Å². The number of piperidine rings is 1. The molecule has 6 heteroatoms. The summed E-state index contributed by atoms with van der Waals surface area (Å²) in [6, 6.07) is 3.66. The first-order valence-corrected chi connectivity index (χ1v) is 6.95. The Morgan fingerprint density at radius 1 is 1.40 bits per heavy atom. The summed E-state index contributed by atoms with van der Waals surface area (Å²) in [6.07, 6.45) is 3.32. The van der Waals surface area contributed by atoms with E-state index in [4.69, 9.17) is 4.74 Å². The van der Waals surface area contributed by atoms with Crippen molar-refractivity contribution in [1.82, 2.24) is 9.47 Å². The predicted molar refractivity (Wildman–Crippen MR) is 76.9 cm³/mol. The van der Waals surface area contributed by atoms with Crippen LogP contribution in [-0.4, -0.2) is 41.3 Å². The first kappa shape index (κ1) is 14.4.